The molecule has 0 bridgehead atoms. The van der Waals surface area contributed by atoms with Crippen molar-refractivity contribution in [2.24, 2.45) is 0 Å². The Morgan fingerprint density at radius 2 is 1.96 bits per heavy atom. The molecule has 2 aromatic heterocycles. The first kappa shape index (κ1) is 17.3. The maximum absolute atomic E-state index is 12.4. The molecule has 1 saturated carbocycles. The van der Waals surface area contributed by atoms with Gasteiger partial charge in [0.1, 0.15) is 0 Å². The standard InChI is InChI=1S/C20H24N4OS/c1-14-12-18-22-23-20(24(18)17-11-7-6-10-16(14)17)26-13-19(25)21-15-8-4-2-3-5-9-15/h6-7,10-12,15H,2-5,8-9,13H2,1H3,(H,21,25). The highest BCUT2D eigenvalue weighted by Crippen LogP contribution is 2.25. The number of pyridine rings is 1. The number of fused-ring (bicyclic) bond motifs is 3. The molecule has 0 radical (unpaired) electrons. The van der Waals surface area contributed by atoms with Crippen molar-refractivity contribution >= 4 is 34.2 Å². The van der Waals surface area contributed by atoms with Crippen LogP contribution in [0.5, 0.6) is 0 Å². The van der Waals surface area contributed by atoms with Crippen molar-refractivity contribution in [2.45, 2.75) is 56.6 Å². The van der Waals surface area contributed by atoms with Crippen molar-refractivity contribution in [1.29, 1.82) is 0 Å². The van der Waals surface area contributed by atoms with Crippen molar-refractivity contribution < 1.29 is 4.79 Å². The van der Waals surface area contributed by atoms with E-state index in [-0.39, 0.29) is 5.91 Å². The van der Waals surface area contributed by atoms with Gasteiger partial charge in [-0.15, -0.1) is 10.2 Å². The molecular formula is C20H24N4OS. The Labute approximate surface area is 157 Å². The zero-order chi connectivity index (χ0) is 17.9. The number of aromatic nitrogens is 3. The molecule has 0 aliphatic heterocycles. The zero-order valence-electron chi connectivity index (χ0n) is 15.1. The normalized spacial score (nSPS) is 16.0. The third-order valence-corrected chi connectivity index (χ3v) is 6.06. The van der Waals surface area contributed by atoms with Gasteiger partial charge >= 0.3 is 0 Å². The summed E-state index contributed by atoms with van der Waals surface area (Å²) in [5.41, 5.74) is 3.09. The molecule has 6 heteroatoms. The zero-order valence-corrected chi connectivity index (χ0v) is 15.9. The first-order chi connectivity index (χ1) is 12.7. The third kappa shape index (κ3) is 3.56. The van der Waals surface area contributed by atoms with Crippen LogP contribution < -0.4 is 5.32 Å². The van der Waals surface area contributed by atoms with Gasteiger partial charge in [-0.3, -0.25) is 9.20 Å². The van der Waals surface area contributed by atoms with Gasteiger partial charge in [0.15, 0.2) is 10.8 Å². The molecule has 5 nitrogen and oxygen atoms in total. The van der Waals surface area contributed by atoms with Crippen LogP contribution in [0.3, 0.4) is 0 Å². The molecule has 136 valence electrons. The second kappa shape index (κ2) is 7.66. The minimum absolute atomic E-state index is 0.0927. The van der Waals surface area contributed by atoms with E-state index >= 15 is 0 Å². The SMILES string of the molecule is Cc1cc2nnc(SCC(=O)NC3CCCCCC3)n2c2ccccc12. The Bertz CT molecular complexity index is 928. The lowest BCUT2D eigenvalue weighted by Gasteiger charge is -2.15. The van der Waals surface area contributed by atoms with Gasteiger partial charge in [0.25, 0.3) is 0 Å². The number of rotatable bonds is 4. The molecule has 1 aromatic carbocycles. The van der Waals surface area contributed by atoms with Gasteiger partial charge in [0, 0.05) is 11.4 Å². The van der Waals surface area contributed by atoms with Crippen molar-refractivity contribution in [1.82, 2.24) is 19.9 Å². The summed E-state index contributed by atoms with van der Waals surface area (Å²) in [6, 6.07) is 10.6. The molecule has 2 heterocycles. The predicted molar refractivity (Wildman–Crippen MR) is 106 cm³/mol. The summed E-state index contributed by atoms with van der Waals surface area (Å²) in [4.78, 5) is 12.4. The van der Waals surface area contributed by atoms with E-state index < -0.39 is 0 Å². The Kier molecular flexibility index (Phi) is 5.11. The minimum Gasteiger partial charge on any atom is -0.353 e. The maximum Gasteiger partial charge on any atom is 0.230 e. The minimum atomic E-state index is 0.0927. The average molecular weight is 369 g/mol. The number of hydrogen-bond donors (Lipinski definition) is 1. The maximum atomic E-state index is 12.4. The number of aryl methyl sites for hydroxylation is 1. The molecule has 3 aromatic rings. The smallest absolute Gasteiger partial charge is 0.230 e. The van der Waals surface area contributed by atoms with E-state index in [4.69, 9.17) is 0 Å². The van der Waals surface area contributed by atoms with Crippen LogP contribution in [0.1, 0.15) is 44.1 Å². The Morgan fingerprint density at radius 1 is 1.19 bits per heavy atom. The first-order valence-corrected chi connectivity index (χ1v) is 10.4. The Balaban J connectivity index is 1.51. The lowest BCUT2D eigenvalue weighted by Crippen LogP contribution is -2.35. The number of para-hydroxylation sites is 1. The second-order valence-electron chi connectivity index (χ2n) is 7.07. The summed E-state index contributed by atoms with van der Waals surface area (Å²) in [6.45, 7) is 2.09. The van der Waals surface area contributed by atoms with Gasteiger partial charge in [-0.1, -0.05) is 55.6 Å². The summed E-state index contributed by atoms with van der Waals surface area (Å²) in [5.74, 6) is 0.467. The van der Waals surface area contributed by atoms with Gasteiger partial charge in [-0.25, -0.2) is 0 Å². The summed E-state index contributed by atoms with van der Waals surface area (Å²) in [6.07, 6.45) is 7.23. The summed E-state index contributed by atoms with van der Waals surface area (Å²) < 4.78 is 2.05. The topological polar surface area (TPSA) is 59.3 Å². The fraction of sp³-hybridized carbons (Fsp3) is 0.450. The molecular weight excluding hydrogens is 344 g/mol. The molecule has 1 N–H and O–H groups in total. The van der Waals surface area contributed by atoms with E-state index in [1.54, 1.807) is 0 Å². The number of benzene rings is 1. The van der Waals surface area contributed by atoms with Crippen LogP contribution >= 0.6 is 11.8 Å². The molecule has 0 atom stereocenters. The van der Waals surface area contributed by atoms with Crippen molar-refractivity contribution in [3.8, 4) is 0 Å². The van der Waals surface area contributed by atoms with E-state index in [0.29, 0.717) is 11.8 Å². The van der Waals surface area contributed by atoms with E-state index in [2.05, 4.69) is 34.6 Å². The van der Waals surface area contributed by atoms with Crippen LogP contribution in [0.25, 0.3) is 16.6 Å². The largest absolute Gasteiger partial charge is 0.353 e. The van der Waals surface area contributed by atoms with Gasteiger partial charge in [0.05, 0.1) is 11.3 Å². The Hall–Kier alpha value is -2.08. The lowest BCUT2D eigenvalue weighted by atomic mass is 10.1. The quantitative estimate of drug-likeness (QED) is 0.556. The van der Waals surface area contributed by atoms with Crippen LogP contribution in [-0.4, -0.2) is 32.3 Å². The second-order valence-corrected chi connectivity index (χ2v) is 8.01. The fourth-order valence-electron chi connectivity index (χ4n) is 3.79. The highest BCUT2D eigenvalue weighted by Gasteiger charge is 2.16. The Morgan fingerprint density at radius 3 is 2.77 bits per heavy atom. The van der Waals surface area contributed by atoms with Crippen molar-refractivity contribution in [3.05, 3.63) is 35.9 Å². The average Bonchev–Trinajstić information content (AvgIpc) is 2.87. The predicted octanol–water partition coefficient (Wildman–Crippen LogP) is 4.12. The van der Waals surface area contributed by atoms with E-state index in [0.717, 1.165) is 29.2 Å². The number of nitrogens with one attached hydrogen (secondary N) is 1. The van der Waals surface area contributed by atoms with E-state index in [9.17, 15) is 4.79 Å². The van der Waals surface area contributed by atoms with E-state index in [1.165, 1.54) is 48.4 Å². The molecule has 1 aliphatic rings. The monoisotopic (exact) mass is 368 g/mol. The van der Waals surface area contributed by atoms with E-state index in [1.807, 2.05) is 22.6 Å². The number of carbonyl (C=O) groups is 1. The van der Waals surface area contributed by atoms with Gasteiger partial charge in [-0.05, 0) is 37.5 Å². The fourth-order valence-corrected chi connectivity index (χ4v) is 4.55. The van der Waals surface area contributed by atoms with Crippen LogP contribution in [-0.2, 0) is 4.79 Å². The molecule has 0 spiro atoms. The highest BCUT2D eigenvalue weighted by atomic mass is 32.2. The van der Waals surface area contributed by atoms with Gasteiger partial charge in [-0.2, -0.15) is 0 Å². The molecule has 26 heavy (non-hydrogen) atoms. The number of amides is 1. The van der Waals surface area contributed by atoms with Crippen LogP contribution in [0.2, 0.25) is 0 Å². The third-order valence-electron chi connectivity index (χ3n) is 5.13. The molecule has 1 amide bonds. The summed E-state index contributed by atoms with van der Waals surface area (Å²) in [7, 11) is 0. The summed E-state index contributed by atoms with van der Waals surface area (Å²) in [5, 5.41) is 13.8. The molecule has 1 fully saturated rings. The van der Waals surface area contributed by atoms with Crippen LogP contribution in [0.4, 0.5) is 0 Å². The number of hydrogen-bond acceptors (Lipinski definition) is 4. The lowest BCUT2D eigenvalue weighted by molar-refractivity contribution is -0.119. The van der Waals surface area contributed by atoms with Crippen molar-refractivity contribution in [3.63, 3.8) is 0 Å². The van der Waals surface area contributed by atoms with Gasteiger partial charge in [0.2, 0.25) is 5.91 Å². The van der Waals surface area contributed by atoms with Crippen LogP contribution in [0, 0.1) is 6.92 Å². The molecule has 1 aliphatic carbocycles. The van der Waals surface area contributed by atoms with Gasteiger partial charge < -0.3 is 5.32 Å². The molecule has 0 saturated heterocycles. The highest BCUT2D eigenvalue weighted by molar-refractivity contribution is 7.99. The molecule has 4 rings (SSSR count). The number of carbonyl (C=O) groups excluding carboxylic acids is 1. The van der Waals surface area contributed by atoms with Crippen molar-refractivity contribution in [2.75, 3.05) is 5.75 Å². The number of nitrogens with zero attached hydrogens (tertiary/aromatic N) is 3. The summed E-state index contributed by atoms with van der Waals surface area (Å²) >= 11 is 1.46. The molecule has 0 unspecified atom stereocenters. The number of thioether (sulfide) groups is 1. The first-order valence-electron chi connectivity index (χ1n) is 9.38. The van der Waals surface area contributed by atoms with Crippen LogP contribution in [0.15, 0.2) is 35.5 Å².